The lowest BCUT2D eigenvalue weighted by molar-refractivity contribution is -0.274. The Bertz CT molecular complexity index is 491. The predicted molar refractivity (Wildman–Crippen MR) is 44.4 cm³/mol. The summed E-state index contributed by atoms with van der Waals surface area (Å²) in [5.74, 6) is -0.374. The summed E-state index contributed by atoms with van der Waals surface area (Å²) >= 11 is 0. The Balaban J connectivity index is 2.38. The molecule has 0 bridgehead atoms. The number of hydrogen-bond acceptors (Lipinski definition) is 3. The van der Waals surface area contributed by atoms with Gasteiger partial charge in [-0.25, -0.2) is 9.50 Å². The van der Waals surface area contributed by atoms with Crippen molar-refractivity contribution in [2.45, 2.75) is 13.3 Å². The highest BCUT2D eigenvalue weighted by molar-refractivity contribution is 5.43. The van der Waals surface area contributed by atoms with Crippen LogP contribution in [-0.2, 0) is 0 Å². The minimum atomic E-state index is -4.71. The fraction of sp³-hybridized carbons (Fsp3) is 0.250. The molecule has 0 radical (unpaired) electrons. The average Bonchev–Trinajstić information content (AvgIpc) is 2.40. The van der Waals surface area contributed by atoms with Gasteiger partial charge in [-0.2, -0.15) is 5.10 Å². The maximum atomic E-state index is 11.9. The number of halogens is 3. The lowest BCUT2D eigenvalue weighted by Gasteiger charge is -2.07. The normalized spacial score (nSPS) is 12.0. The third-order valence-corrected chi connectivity index (χ3v) is 1.65. The van der Waals surface area contributed by atoms with Gasteiger partial charge in [-0.3, -0.25) is 0 Å². The molecular formula is C8H6F3N3O. The summed E-state index contributed by atoms with van der Waals surface area (Å²) in [7, 11) is 0. The Morgan fingerprint density at radius 3 is 2.80 bits per heavy atom. The zero-order valence-corrected chi connectivity index (χ0v) is 7.62. The molecule has 0 aromatic carbocycles. The summed E-state index contributed by atoms with van der Waals surface area (Å²) < 4.78 is 40.7. The zero-order chi connectivity index (χ0) is 11.1. The second kappa shape index (κ2) is 3.11. The highest BCUT2D eigenvalue weighted by Gasteiger charge is 2.31. The third-order valence-electron chi connectivity index (χ3n) is 1.65. The highest BCUT2D eigenvalue weighted by atomic mass is 19.4. The predicted octanol–water partition coefficient (Wildman–Crippen LogP) is 1.94. The van der Waals surface area contributed by atoms with E-state index in [-0.39, 0.29) is 5.75 Å². The molecule has 2 rings (SSSR count). The molecule has 0 atom stereocenters. The first kappa shape index (κ1) is 9.75. The molecule has 0 unspecified atom stereocenters. The molecule has 15 heavy (non-hydrogen) atoms. The minimum Gasteiger partial charge on any atom is -0.404 e. The fourth-order valence-corrected chi connectivity index (χ4v) is 1.17. The van der Waals surface area contributed by atoms with Crippen LogP contribution in [0, 0.1) is 6.92 Å². The second-order valence-electron chi connectivity index (χ2n) is 2.92. The lowest BCUT2D eigenvalue weighted by atomic mass is 10.5. The maximum absolute atomic E-state index is 11.9. The van der Waals surface area contributed by atoms with Crippen LogP contribution in [0.25, 0.3) is 5.65 Å². The first-order valence-corrected chi connectivity index (χ1v) is 4.02. The molecule has 0 fully saturated rings. The van der Waals surface area contributed by atoms with E-state index < -0.39 is 6.36 Å². The van der Waals surface area contributed by atoms with Crippen molar-refractivity contribution < 1.29 is 17.9 Å². The van der Waals surface area contributed by atoms with Gasteiger partial charge in [0.05, 0.1) is 18.1 Å². The van der Waals surface area contributed by atoms with E-state index in [1.54, 1.807) is 13.1 Å². The molecule has 0 amide bonds. The van der Waals surface area contributed by atoms with Crippen molar-refractivity contribution in [2.75, 3.05) is 0 Å². The van der Waals surface area contributed by atoms with Crippen molar-refractivity contribution in [3.8, 4) is 5.75 Å². The Morgan fingerprint density at radius 1 is 1.40 bits per heavy atom. The summed E-state index contributed by atoms with van der Waals surface area (Å²) in [5, 5.41) is 3.72. The smallest absolute Gasteiger partial charge is 0.404 e. The van der Waals surface area contributed by atoms with E-state index in [0.29, 0.717) is 11.3 Å². The molecular weight excluding hydrogens is 211 g/mol. The third kappa shape index (κ3) is 2.17. The summed E-state index contributed by atoms with van der Waals surface area (Å²) in [6.07, 6.45) is -2.12. The first-order chi connectivity index (χ1) is 6.94. The SMILES string of the molecule is Cc1cn2ncc(OC(F)(F)F)cc2n1. The zero-order valence-electron chi connectivity index (χ0n) is 7.62. The molecule has 0 spiro atoms. The van der Waals surface area contributed by atoms with Crippen molar-refractivity contribution in [1.29, 1.82) is 0 Å². The molecule has 0 saturated carbocycles. The van der Waals surface area contributed by atoms with Gasteiger partial charge in [0.2, 0.25) is 0 Å². The largest absolute Gasteiger partial charge is 0.573 e. The van der Waals surface area contributed by atoms with Gasteiger partial charge in [0.25, 0.3) is 0 Å². The van der Waals surface area contributed by atoms with E-state index in [1.807, 2.05) is 0 Å². The van der Waals surface area contributed by atoms with E-state index >= 15 is 0 Å². The van der Waals surface area contributed by atoms with Crippen LogP contribution < -0.4 is 4.74 Å². The van der Waals surface area contributed by atoms with Crippen molar-refractivity contribution >= 4 is 5.65 Å². The molecule has 0 saturated heterocycles. The number of aryl methyl sites for hydroxylation is 1. The number of nitrogens with zero attached hydrogens (tertiary/aromatic N) is 3. The molecule has 80 valence electrons. The van der Waals surface area contributed by atoms with Crippen LogP contribution in [0.1, 0.15) is 5.69 Å². The van der Waals surface area contributed by atoms with Crippen LogP contribution >= 0.6 is 0 Å². The van der Waals surface area contributed by atoms with E-state index in [4.69, 9.17) is 0 Å². The standard InChI is InChI=1S/C8H6F3N3O/c1-5-4-14-7(13-5)2-6(3-12-14)15-8(9,10)11/h2-4H,1H3. The molecule has 2 aromatic rings. The summed E-state index contributed by atoms with van der Waals surface area (Å²) in [6, 6.07) is 1.17. The van der Waals surface area contributed by atoms with E-state index in [1.165, 1.54) is 10.6 Å². The van der Waals surface area contributed by atoms with Gasteiger partial charge >= 0.3 is 6.36 Å². The summed E-state index contributed by atoms with van der Waals surface area (Å²) in [5.41, 5.74) is 0.987. The monoisotopic (exact) mass is 217 g/mol. The molecule has 4 nitrogen and oxygen atoms in total. The Hall–Kier alpha value is -1.79. The van der Waals surface area contributed by atoms with Crippen molar-refractivity contribution in [2.24, 2.45) is 0 Å². The fourth-order valence-electron chi connectivity index (χ4n) is 1.17. The number of rotatable bonds is 1. The van der Waals surface area contributed by atoms with E-state index in [2.05, 4.69) is 14.8 Å². The second-order valence-corrected chi connectivity index (χ2v) is 2.92. The summed E-state index contributed by atoms with van der Waals surface area (Å²) in [4.78, 5) is 3.96. The van der Waals surface area contributed by atoms with Gasteiger partial charge in [0.15, 0.2) is 11.4 Å². The van der Waals surface area contributed by atoms with Gasteiger partial charge < -0.3 is 4.74 Å². The summed E-state index contributed by atoms with van der Waals surface area (Å²) in [6.45, 7) is 1.72. The average molecular weight is 217 g/mol. The number of aromatic nitrogens is 3. The number of alkyl halides is 3. The van der Waals surface area contributed by atoms with Crippen molar-refractivity contribution in [1.82, 2.24) is 14.6 Å². The number of imidazole rings is 1. The molecule has 2 heterocycles. The van der Waals surface area contributed by atoms with E-state index in [0.717, 1.165) is 6.20 Å². The number of hydrogen-bond donors (Lipinski definition) is 0. The molecule has 2 aromatic heterocycles. The number of fused-ring (bicyclic) bond motifs is 1. The van der Waals surface area contributed by atoms with Crippen LogP contribution in [0.4, 0.5) is 13.2 Å². The molecule has 0 N–H and O–H groups in total. The quantitative estimate of drug-likeness (QED) is 0.732. The molecule has 0 aliphatic carbocycles. The number of ether oxygens (including phenoxy) is 1. The van der Waals surface area contributed by atoms with Gasteiger partial charge in [0, 0.05) is 6.07 Å². The van der Waals surface area contributed by atoms with Crippen molar-refractivity contribution in [3.05, 3.63) is 24.2 Å². The van der Waals surface area contributed by atoms with Crippen LogP contribution in [-0.4, -0.2) is 21.0 Å². The Kier molecular flexibility index (Phi) is 2.02. The van der Waals surface area contributed by atoms with Crippen LogP contribution in [0.3, 0.4) is 0 Å². The Morgan fingerprint density at radius 2 is 2.13 bits per heavy atom. The molecule has 0 aliphatic heterocycles. The van der Waals surface area contributed by atoms with Crippen molar-refractivity contribution in [3.63, 3.8) is 0 Å². The van der Waals surface area contributed by atoms with Gasteiger partial charge in [-0.15, -0.1) is 13.2 Å². The lowest BCUT2D eigenvalue weighted by Crippen LogP contribution is -2.17. The minimum absolute atomic E-state index is 0.314. The topological polar surface area (TPSA) is 39.4 Å². The highest BCUT2D eigenvalue weighted by Crippen LogP contribution is 2.22. The van der Waals surface area contributed by atoms with Gasteiger partial charge in [-0.1, -0.05) is 0 Å². The van der Waals surface area contributed by atoms with Gasteiger partial charge in [-0.05, 0) is 6.92 Å². The van der Waals surface area contributed by atoms with Crippen LogP contribution in [0.2, 0.25) is 0 Å². The Labute approximate surface area is 82.3 Å². The molecule has 0 aliphatic rings. The van der Waals surface area contributed by atoms with Crippen LogP contribution in [0.15, 0.2) is 18.5 Å². The first-order valence-electron chi connectivity index (χ1n) is 4.02. The van der Waals surface area contributed by atoms with Gasteiger partial charge in [0.1, 0.15) is 0 Å². The van der Waals surface area contributed by atoms with E-state index in [9.17, 15) is 13.2 Å². The van der Waals surface area contributed by atoms with Crippen LogP contribution in [0.5, 0.6) is 5.75 Å². The molecule has 7 heteroatoms. The maximum Gasteiger partial charge on any atom is 0.573 e.